The Morgan fingerprint density at radius 2 is 1.71 bits per heavy atom. The first-order valence-corrected chi connectivity index (χ1v) is 6.66. The van der Waals surface area contributed by atoms with Gasteiger partial charge in [0.15, 0.2) is 0 Å². The molecule has 3 aromatic rings. The fraction of sp³-hybridized carbons (Fsp3) is 0.0667. The molecule has 0 atom stereocenters. The van der Waals surface area contributed by atoms with E-state index >= 15 is 0 Å². The molecule has 0 fully saturated rings. The molecule has 0 radical (unpaired) electrons. The molecule has 1 nitrogen and oxygen atoms in total. The van der Waals surface area contributed by atoms with E-state index in [2.05, 4.69) is 82.6 Å². The van der Waals surface area contributed by atoms with Gasteiger partial charge in [0.05, 0.1) is 3.70 Å². The highest BCUT2D eigenvalue weighted by molar-refractivity contribution is 14.1. The zero-order chi connectivity index (χ0) is 11.8. The largest absolute Gasteiger partial charge is 0.311 e. The van der Waals surface area contributed by atoms with E-state index in [4.69, 9.17) is 0 Å². The SMILES string of the molecule is Cc1ccc2cc(-c3ccccc3)cn2c1I. The van der Waals surface area contributed by atoms with Crippen LogP contribution in [0.5, 0.6) is 0 Å². The smallest absolute Gasteiger partial charge is 0.0873 e. The molecule has 2 heteroatoms. The minimum atomic E-state index is 1.25. The third-order valence-corrected chi connectivity index (χ3v) is 4.37. The first-order valence-electron chi connectivity index (χ1n) is 5.58. The van der Waals surface area contributed by atoms with Crippen molar-refractivity contribution in [3.8, 4) is 11.1 Å². The van der Waals surface area contributed by atoms with E-state index in [0.717, 1.165) is 0 Å². The topological polar surface area (TPSA) is 4.41 Å². The zero-order valence-corrected chi connectivity index (χ0v) is 11.7. The van der Waals surface area contributed by atoms with Crippen molar-refractivity contribution in [3.05, 3.63) is 64.0 Å². The first kappa shape index (κ1) is 10.8. The highest BCUT2D eigenvalue weighted by Gasteiger charge is 2.05. The molecule has 0 saturated carbocycles. The normalized spacial score (nSPS) is 10.9. The minimum absolute atomic E-state index is 1.25. The summed E-state index contributed by atoms with van der Waals surface area (Å²) in [7, 11) is 0. The number of pyridine rings is 1. The highest BCUT2D eigenvalue weighted by Crippen LogP contribution is 2.25. The number of benzene rings is 1. The fourth-order valence-corrected chi connectivity index (χ4v) is 2.63. The average molecular weight is 333 g/mol. The summed E-state index contributed by atoms with van der Waals surface area (Å²) in [6.45, 7) is 2.14. The third kappa shape index (κ3) is 1.86. The molecule has 0 spiro atoms. The van der Waals surface area contributed by atoms with Crippen LogP contribution in [0.15, 0.2) is 54.7 Å². The fourth-order valence-electron chi connectivity index (χ4n) is 2.04. The second kappa shape index (κ2) is 4.18. The van der Waals surface area contributed by atoms with Crippen LogP contribution < -0.4 is 0 Å². The van der Waals surface area contributed by atoms with Crippen molar-refractivity contribution < 1.29 is 0 Å². The van der Waals surface area contributed by atoms with Crippen molar-refractivity contribution >= 4 is 28.1 Å². The zero-order valence-electron chi connectivity index (χ0n) is 9.52. The van der Waals surface area contributed by atoms with Crippen molar-refractivity contribution in [2.75, 3.05) is 0 Å². The van der Waals surface area contributed by atoms with E-state index < -0.39 is 0 Å². The summed E-state index contributed by atoms with van der Waals surface area (Å²) in [5, 5.41) is 0. The Bertz CT molecular complexity index is 668. The number of nitrogens with zero attached hydrogens (tertiary/aromatic N) is 1. The molecule has 0 N–H and O–H groups in total. The van der Waals surface area contributed by atoms with Gasteiger partial charge in [-0.2, -0.15) is 0 Å². The summed E-state index contributed by atoms with van der Waals surface area (Å²) in [6.07, 6.45) is 2.21. The molecule has 0 aliphatic carbocycles. The number of aryl methyl sites for hydroxylation is 1. The van der Waals surface area contributed by atoms with Crippen molar-refractivity contribution in [2.24, 2.45) is 0 Å². The molecule has 0 amide bonds. The van der Waals surface area contributed by atoms with E-state index in [1.807, 2.05) is 6.07 Å². The number of halogens is 1. The molecule has 1 aromatic carbocycles. The van der Waals surface area contributed by atoms with Gasteiger partial charge in [-0.1, -0.05) is 36.4 Å². The van der Waals surface area contributed by atoms with Gasteiger partial charge < -0.3 is 4.40 Å². The second-order valence-electron chi connectivity index (χ2n) is 4.20. The number of rotatable bonds is 1. The number of aromatic nitrogens is 1. The third-order valence-electron chi connectivity index (χ3n) is 3.00. The maximum atomic E-state index is 2.40. The standard InChI is InChI=1S/C15H12IN/c1-11-7-8-14-9-13(10-17(14)15(11)16)12-5-3-2-4-6-12/h2-10H,1H3. The molecular formula is C15H12IN. The van der Waals surface area contributed by atoms with E-state index in [0.29, 0.717) is 0 Å². The molecule has 2 aromatic heterocycles. The Hall–Kier alpha value is -1.29. The summed E-state index contributed by atoms with van der Waals surface area (Å²) in [5.41, 5.74) is 5.10. The molecular weight excluding hydrogens is 321 g/mol. The molecule has 0 bridgehead atoms. The first-order chi connectivity index (χ1) is 8.25. The van der Waals surface area contributed by atoms with E-state index in [1.165, 1.54) is 25.9 Å². The van der Waals surface area contributed by atoms with Gasteiger partial charge in [-0.3, -0.25) is 0 Å². The highest BCUT2D eigenvalue weighted by atomic mass is 127. The lowest BCUT2D eigenvalue weighted by Gasteiger charge is -2.01. The van der Waals surface area contributed by atoms with E-state index in [1.54, 1.807) is 0 Å². The lowest BCUT2D eigenvalue weighted by atomic mass is 10.1. The Morgan fingerprint density at radius 1 is 0.941 bits per heavy atom. The summed E-state index contributed by atoms with van der Waals surface area (Å²) < 4.78 is 3.53. The maximum absolute atomic E-state index is 2.40. The van der Waals surface area contributed by atoms with Crippen molar-refractivity contribution in [1.82, 2.24) is 4.40 Å². The lowest BCUT2D eigenvalue weighted by Crippen LogP contribution is -1.91. The van der Waals surface area contributed by atoms with E-state index in [-0.39, 0.29) is 0 Å². The van der Waals surface area contributed by atoms with Gasteiger partial charge in [0, 0.05) is 17.3 Å². The van der Waals surface area contributed by atoms with Crippen LogP contribution in [0.25, 0.3) is 16.6 Å². The Morgan fingerprint density at radius 3 is 2.47 bits per heavy atom. The van der Waals surface area contributed by atoms with Crippen LogP contribution in [-0.4, -0.2) is 4.40 Å². The number of fused-ring (bicyclic) bond motifs is 1. The number of hydrogen-bond donors (Lipinski definition) is 0. The molecule has 2 heterocycles. The van der Waals surface area contributed by atoms with Gasteiger partial charge in [0.2, 0.25) is 0 Å². The second-order valence-corrected chi connectivity index (χ2v) is 5.22. The van der Waals surface area contributed by atoms with Crippen LogP contribution in [0.2, 0.25) is 0 Å². The van der Waals surface area contributed by atoms with Crippen LogP contribution >= 0.6 is 22.6 Å². The molecule has 0 aliphatic heterocycles. The van der Waals surface area contributed by atoms with Crippen molar-refractivity contribution in [2.45, 2.75) is 6.92 Å². The quantitative estimate of drug-likeness (QED) is 0.456. The predicted octanol–water partition coefficient (Wildman–Crippen LogP) is 4.52. The van der Waals surface area contributed by atoms with Crippen LogP contribution in [0.4, 0.5) is 0 Å². The molecule has 3 rings (SSSR count). The molecule has 17 heavy (non-hydrogen) atoms. The van der Waals surface area contributed by atoms with Crippen LogP contribution in [0, 0.1) is 10.6 Å². The van der Waals surface area contributed by atoms with Gasteiger partial charge in [-0.25, -0.2) is 0 Å². The number of hydrogen-bond acceptors (Lipinski definition) is 0. The van der Waals surface area contributed by atoms with Gasteiger partial charge in [0.25, 0.3) is 0 Å². The van der Waals surface area contributed by atoms with E-state index in [9.17, 15) is 0 Å². The van der Waals surface area contributed by atoms with Crippen molar-refractivity contribution in [3.63, 3.8) is 0 Å². The lowest BCUT2D eigenvalue weighted by molar-refractivity contribution is 1.12. The van der Waals surface area contributed by atoms with Gasteiger partial charge in [-0.15, -0.1) is 0 Å². The summed E-state index contributed by atoms with van der Waals surface area (Å²) in [5.74, 6) is 0. The summed E-state index contributed by atoms with van der Waals surface area (Å²) in [4.78, 5) is 0. The summed E-state index contributed by atoms with van der Waals surface area (Å²) in [6, 6.07) is 17.1. The monoisotopic (exact) mass is 333 g/mol. The van der Waals surface area contributed by atoms with Crippen LogP contribution in [0.3, 0.4) is 0 Å². The van der Waals surface area contributed by atoms with Gasteiger partial charge in [0.1, 0.15) is 0 Å². The van der Waals surface area contributed by atoms with Gasteiger partial charge in [-0.05, 0) is 52.8 Å². The van der Waals surface area contributed by atoms with Crippen LogP contribution in [0.1, 0.15) is 5.56 Å². The summed E-state index contributed by atoms with van der Waals surface area (Å²) >= 11 is 2.40. The van der Waals surface area contributed by atoms with Crippen LogP contribution in [-0.2, 0) is 0 Å². The molecule has 0 unspecified atom stereocenters. The van der Waals surface area contributed by atoms with Gasteiger partial charge >= 0.3 is 0 Å². The Kier molecular flexibility index (Phi) is 2.67. The molecule has 0 saturated heterocycles. The predicted molar refractivity (Wildman–Crippen MR) is 80.3 cm³/mol. The minimum Gasteiger partial charge on any atom is -0.311 e. The Balaban J connectivity index is 2.24. The molecule has 84 valence electrons. The average Bonchev–Trinajstić information content (AvgIpc) is 2.80. The van der Waals surface area contributed by atoms with Crippen molar-refractivity contribution in [1.29, 1.82) is 0 Å². The maximum Gasteiger partial charge on any atom is 0.0873 e. The molecule has 0 aliphatic rings. The Labute approximate surface area is 114 Å².